The fraction of sp³-hybridized carbons (Fsp3) is 0.462. The van der Waals surface area contributed by atoms with Gasteiger partial charge in [-0.2, -0.15) is 17.8 Å². The van der Waals surface area contributed by atoms with Crippen LogP contribution in [0.3, 0.4) is 0 Å². The summed E-state index contributed by atoms with van der Waals surface area (Å²) in [4.78, 5) is 11.6. The van der Waals surface area contributed by atoms with Gasteiger partial charge < -0.3 is 4.74 Å². The van der Waals surface area contributed by atoms with Crippen molar-refractivity contribution in [3.63, 3.8) is 0 Å². The third-order valence-corrected chi connectivity index (χ3v) is 4.42. The van der Waals surface area contributed by atoms with E-state index in [0.717, 1.165) is 5.56 Å². The number of hydrogen-bond donors (Lipinski definition) is 0. The summed E-state index contributed by atoms with van der Waals surface area (Å²) in [5.41, 5.74) is 0.956. The Labute approximate surface area is 118 Å². The van der Waals surface area contributed by atoms with Crippen LogP contribution in [0.15, 0.2) is 29.2 Å². The Hall–Kier alpha value is -1.44. The number of aryl methyl sites for hydroxylation is 1. The lowest BCUT2D eigenvalue weighted by molar-refractivity contribution is -0.157. The van der Waals surface area contributed by atoms with Crippen LogP contribution in [-0.2, 0) is 23.9 Å². The molecular formula is C13H17NO5S. The second kappa shape index (κ2) is 5.90. The molecule has 1 atom stereocenters. The zero-order chi connectivity index (χ0) is 14.8. The number of hydrogen-bond acceptors (Lipinski definition) is 6. The lowest BCUT2D eigenvalue weighted by Crippen LogP contribution is -2.38. The average molecular weight is 299 g/mol. The number of esters is 1. The van der Waals surface area contributed by atoms with E-state index in [9.17, 15) is 13.2 Å². The van der Waals surface area contributed by atoms with Crippen molar-refractivity contribution < 1.29 is 22.2 Å². The van der Waals surface area contributed by atoms with E-state index < -0.39 is 22.1 Å². The normalized spacial score (nSPS) is 20.0. The van der Waals surface area contributed by atoms with E-state index in [1.165, 1.54) is 24.3 Å². The summed E-state index contributed by atoms with van der Waals surface area (Å²) < 4.78 is 34.0. The minimum atomic E-state index is -3.92. The number of methoxy groups -OCH3 is 1. The highest BCUT2D eigenvalue weighted by molar-refractivity contribution is 7.86. The monoisotopic (exact) mass is 299 g/mol. The molecule has 0 amide bonds. The van der Waals surface area contributed by atoms with Crippen LogP contribution in [0.4, 0.5) is 0 Å². The third-order valence-electron chi connectivity index (χ3n) is 3.18. The van der Waals surface area contributed by atoms with E-state index in [1.54, 1.807) is 12.1 Å². The molecule has 1 saturated heterocycles. The van der Waals surface area contributed by atoms with Gasteiger partial charge in [-0.3, -0.25) is 4.79 Å². The van der Waals surface area contributed by atoms with Crippen LogP contribution in [0.5, 0.6) is 0 Å². The maximum atomic E-state index is 12.1. The Bertz CT molecular complexity index is 581. The van der Waals surface area contributed by atoms with E-state index >= 15 is 0 Å². The number of rotatable bonds is 4. The van der Waals surface area contributed by atoms with Gasteiger partial charge >= 0.3 is 16.1 Å². The van der Waals surface area contributed by atoms with E-state index in [2.05, 4.69) is 4.74 Å². The van der Waals surface area contributed by atoms with E-state index in [0.29, 0.717) is 19.4 Å². The second-order valence-electron chi connectivity index (χ2n) is 4.66. The first-order chi connectivity index (χ1) is 9.44. The van der Waals surface area contributed by atoms with E-state index in [1.807, 2.05) is 6.92 Å². The van der Waals surface area contributed by atoms with Gasteiger partial charge in [-0.05, 0) is 31.9 Å². The molecule has 0 spiro atoms. The Morgan fingerprint density at radius 1 is 1.30 bits per heavy atom. The van der Waals surface area contributed by atoms with Crippen molar-refractivity contribution in [1.29, 1.82) is 0 Å². The van der Waals surface area contributed by atoms with Gasteiger partial charge in [-0.1, -0.05) is 17.7 Å². The molecule has 0 saturated carbocycles. The molecule has 0 radical (unpaired) electrons. The topological polar surface area (TPSA) is 72.9 Å². The number of carbonyl (C=O) groups is 1. The first-order valence-corrected chi connectivity index (χ1v) is 7.70. The lowest BCUT2D eigenvalue weighted by Gasteiger charge is -2.20. The molecule has 0 aliphatic carbocycles. The van der Waals surface area contributed by atoms with E-state index in [4.69, 9.17) is 4.28 Å². The second-order valence-corrected chi connectivity index (χ2v) is 6.19. The molecule has 0 bridgehead atoms. The van der Waals surface area contributed by atoms with Crippen molar-refractivity contribution in [3.8, 4) is 0 Å². The van der Waals surface area contributed by atoms with Crippen molar-refractivity contribution in [1.82, 2.24) is 5.06 Å². The molecule has 0 aromatic heterocycles. The molecular weight excluding hydrogens is 282 g/mol. The Balaban J connectivity index is 2.15. The molecule has 1 unspecified atom stereocenters. The minimum absolute atomic E-state index is 0.0682. The molecule has 1 heterocycles. The smallest absolute Gasteiger partial charge is 0.325 e. The molecule has 1 fully saturated rings. The van der Waals surface area contributed by atoms with Crippen LogP contribution < -0.4 is 0 Å². The van der Waals surface area contributed by atoms with Crippen molar-refractivity contribution in [2.75, 3.05) is 13.7 Å². The predicted octanol–water partition coefficient (Wildman–Crippen LogP) is 1.25. The molecule has 110 valence electrons. The van der Waals surface area contributed by atoms with Gasteiger partial charge in [0.1, 0.15) is 6.04 Å². The fourth-order valence-corrected chi connectivity index (χ4v) is 3.06. The van der Waals surface area contributed by atoms with Gasteiger partial charge in [0.25, 0.3) is 0 Å². The summed E-state index contributed by atoms with van der Waals surface area (Å²) in [5, 5.41) is 1.18. The largest absolute Gasteiger partial charge is 0.468 e. The molecule has 2 rings (SSSR count). The van der Waals surface area contributed by atoms with Gasteiger partial charge in [0.15, 0.2) is 0 Å². The number of nitrogens with zero attached hydrogens (tertiary/aromatic N) is 1. The Morgan fingerprint density at radius 2 is 1.95 bits per heavy atom. The van der Waals surface area contributed by atoms with Crippen LogP contribution in [0, 0.1) is 6.92 Å². The highest BCUT2D eigenvalue weighted by atomic mass is 32.2. The number of benzene rings is 1. The molecule has 1 aliphatic heterocycles. The highest BCUT2D eigenvalue weighted by Crippen LogP contribution is 2.23. The maximum absolute atomic E-state index is 12.1. The van der Waals surface area contributed by atoms with Crippen LogP contribution in [0.2, 0.25) is 0 Å². The molecule has 1 aromatic carbocycles. The van der Waals surface area contributed by atoms with Crippen LogP contribution in [0.1, 0.15) is 18.4 Å². The van der Waals surface area contributed by atoms with Gasteiger partial charge in [0.2, 0.25) is 0 Å². The fourth-order valence-electron chi connectivity index (χ4n) is 2.07. The molecule has 20 heavy (non-hydrogen) atoms. The summed E-state index contributed by atoms with van der Waals surface area (Å²) in [6, 6.07) is 5.68. The summed E-state index contributed by atoms with van der Waals surface area (Å²) >= 11 is 0. The van der Waals surface area contributed by atoms with Crippen molar-refractivity contribution in [3.05, 3.63) is 29.8 Å². The average Bonchev–Trinajstić information content (AvgIpc) is 2.85. The Kier molecular flexibility index (Phi) is 4.42. The summed E-state index contributed by atoms with van der Waals surface area (Å²) in [6.45, 7) is 2.25. The van der Waals surface area contributed by atoms with Crippen LogP contribution >= 0.6 is 0 Å². The number of carbonyl (C=O) groups excluding carboxylic acids is 1. The lowest BCUT2D eigenvalue weighted by atomic mass is 10.2. The molecule has 7 heteroatoms. The molecule has 1 aromatic rings. The summed E-state index contributed by atoms with van der Waals surface area (Å²) in [7, 11) is -2.65. The summed E-state index contributed by atoms with van der Waals surface area (Å²) in [6.07, 6.45) is 1.21. The third kappa shape index (κ3) is 3.17. The standard InChI is InChI=1S/C13H17NO5S/c1-10-5-7-11(8-6-10)20(16,17)19-14-9-3-4-12(14)13(15)18-2/h5-8,12H,3-4,9H2,1-2H3. The van der Waals surface area contributed by atoms with Crippen molar-refractivity contribution in [2.45, 2.75) is 30.7 Å². The summed E-state index contributed by atoms with van der Waals surface area (Å²) in [5.74, 6) is -0.485. The van der Waals surface area contributed by atoms with Crippen molar-refractivity contribution >= 4 is 16.1 Å². The zero-order valence-corrected chi connectivity index (χ0v) is 12.2. The SMILES string of the molecule is COC(=O)C1CCCN1OS(=O)(=O)c1ccc(C)cc1. The minimum Gasteiger partial charge on any atom is -0.468 e. The quantitative estimate of drug-likeness (QED) is 0.779. The zero-order valence-electron chi connectivity index (χ0n) is 11.4. The van der Waals surface area contributed by atoms with Gasteiger partial charge in [-0.25, -0.2) is 0 Å². The van der Waals surface area contributed by atoms with Gasteiger partial charge in [0, 0.05) is 6.54 Å². The molecule has 0 N–H and O–H groups in total. The Morgan fingerprint density at radius 3 is 2.55 bits per heavy atom. The van der Waals surface area contributed by atoms with Crippen molar-refractivity contribution in [2.24, 2.45) is 0 Å². The molecule has 1 aliphatic rings. The van der Waals surface area contributed by atoms with Crippen LogP contribution in [0.25, 0.3) is 0 Å². The van der Waals surface area contributed by atoms with Gasteiger partial charge in [-0.15, -0.1) is 0 Å². The van der Waals surface area contributed by atoms with E-state index in [-0.39, 0.29) is 4.90 Å². The number of hydroxylamine groups is 2. The first kappa shape index (κ1) is 15.0. The maximum Gasteiger partial charge on any atom is 0.325 e. The first-order valence-electron chi connectivity index (χ1n) is 6.30. The predicted molar refractivity (Wildman–Crippen MR) is 71.2 cm³/mol. The van der Waals surface area contributed by atoms with Gasteiger partial charge in [0.05, 0.1) is 12.0 Å². The van der Waals surface area contributed by atoms with Crippen LogP contribution in [-0.4, -0.2) is 39.1 Å². The number of ether oxygens (including phenoxy) is 1. The highest BCUT2D eigenvalue weighted by Gasteiger charge is 2.36. The molecule has 6 nitrogen and oxygen atoms in total.